The Labute approximate surface area is 131 Å². The molecule has 0 aromatic heterocycles. The standard InChI is InChI=1S/C15H11Cl2FO3/c1-20-14-6-11(16)5-10(7-19)15(14)21-8-9-2-3-12(17)13(18)4-9/h2-7H,8H2,1H3. The smallest absolute Gasteiger partial charge is 0.172 e. The molecule has 0 atom stereocenters. The topological polar surface area (TPSA) is 35.5 Å². The first-order chi connectivity index (χ1) is 10.0. The number of aldehydes is 1. The number of hydrogen-bond donors (Lipinski definition) is 0. The molecule has 0 spiro atoms. The van der Waals surface area contributed by atoms with Crippen molar-refractivity contribution in [1.29, 1.82) is 0 Å². The minimum atomic E-state index is -0.531. The molecule has 0 unspecified atom stereocenters. The zero-order valence-electron chi connectivity index (χ0n) is 11.0. The van der Waals surface area contributed by atoms with E-state index >= 15 is 0 Å². The molecule has 0 N–H and O–H groups in total. The molecule has 0 saturated carbocycles. The third-order valence-electron chi connectivity index (χ3n) is 2.76. The van der Waals surface area contributed by atoms with Gasteiger partial charge in [-0.3, -0.25) is 4.79 Å². The molecule has 2 aromatic rings. The summed E-state index contributed by atoms with van der Waals surface area (Å²) in [4.78, 5) is 11.1. The average Bonchev–Trinajstić information content (AvgIpc) is 2.48. The summed E-state index contributed by atoms with van der Waals surface area (Å²) in [5.74, 6) is 0.0581. The highest BCUT2D eigenvalue weighted by Gasteiger charge is 2.13. The molecular weight excluding hydrogens is 318 g/mol. The predicted molar refractivity (Wildman–Crippen MR) is 79.1 cm³/mol. The molecule has 0 amide bonds. The summed E-state index contributed by atoms with van der Waals surface area (Å²) in [6.45, 7) is 0.0624. The predicted octanol–water partition coefficient (Wildman–Crippen LogP) is 4.53. The van der Waals surface area contributed by atoms with E-state index < -0.39 is 5.82 Å². The molecule has 0 bridgehead atoms. The van der Waals surface area contributed by atoms with Gasteiger partial charge in [0.15, 0.2) is 17.8 Å². The van der Waals surface area contributed by atoms with Gasteiger partial charge >= 0.3 is 0 Å². The van der Waals surface area contributed by atoms with Gasteiger partial charge in [-0.1, -0.05) is 29.3 Å². The van der Waals surface area contributed by atoms with Crippen molar-refractivity contribution in [2.24, 2.45) is 0 Å². The van der Waals surface area contributed by atoms with E-state index in [4.69, 9.17) is 32.7 Å². The zero-order chi connectivity index (χ0) is 15.4. The molecule has 0 aliphatic rings. The first-order valence-electron chi connectivity index (χ1n) is 5.94. The van der Waals surface area contributed by atoms with Gasteiger partial charge in [0.2, 0.25) is 0 Å². The highest BCUT2D eigenvalue weighted by Crippen LogP contribution is 2.34. The van der Waals surface area contributed by atoms with Crippen LogP contribution in [0.2, 0.25) is 10.0 Å². The van der Waals surface area contributed by atoms with E-state index in [0.29, 0.717) is 22.6 Å². The van der Waals surface area contributed by atoms with E-state index in [1.54, 1.807) is 6.07 Å². The molecule has 0 radical (unpaired) electrons. The maximum atomic E-state index is 13.4. The van der Waals surface area contributed by atoms with Crippen molar-refractivity contribution in [2.75, 3.05) is 7.11 Å². The van der Waals surface area contributed by atoms with Crippen LogP contribution in [0.25, 0.3) is 0 Å². The summed E-state index contributed by atoms with van der Waals surface area (Å²) in [5, 5.41) is 0.398. The number of benzene rings is 2. The van der Waals surface area contributed by atoms with Gasteiger partial charge in [-0.15, -0.1) is 0 Å². The van der Waals surface area contributed by atoms with Crippen molar-refractivity contribution >= 4 is 29.5 Å². The van der Waals surface area contributed by atoms with Crippen LogP contribution in [0, 0.1) is 5.82 Å². The molecule has 3 nitrogen and oxygen atoms in total. The minimum absolute atomic E-state index is 0.0383. The largest absolute Gasteiger partial charge is 0.493 e. The van der Waals surface area contributed by atoms with Gasteiger partial charge in [0.05, 0.1) is 17.7 Å². The Bertz CT molecular complexity index is 674. The van der Waals surface area contributed by atoms with Crippen LogP contribution in [0.3, 0.4) is 0 Å². The van der Waals surface area contributed by atoms with Crippen molar-refractivity contribution in [2.45, 2.75) is 6.61 Å². The molecule has 2 aromatic carbocycles. The molecule has 0 heterocycles. The molecule has 0 saturated heterocycles. The molecule has 0 aliphatic carbocycles. The van der Waals surface area contributed by atoms with Crippen LogP contribution < -0.4 is 9.47 Å². The van der Waals surface area contributed by atoms with Crippen molar-refractivity contribution in [3.05, 3.63) is 57.3 Å². The Balaban J connectivity index is 2.26. The van der Waals surface area contributed by atoms with Crippen LogP contribution in [0.1, 0.15) is 15.9 Å². The third kappa shape index (κ3) is 3.65. The summed E-state index contributed by atoms with van der Waals surface area (Å²) in [6, 6.07) is 7.34. The van der Waals surface area contributed by atoms with E-state index in [1.807, 2.05) is 0 Å². The second kappa shape index (κ2) is 6.78. The lowest BCUT2D eigenvalue weighted by atomic mass is 10.2. The Kier molecular flexibility index (Phi) is 5.04. The number of carbonyl (C=O) groups excluding carboxylic acids is 1. The summed E-state index contributed by atoms with van der Waals surface area (Å²) in [5.41, 5.74) is 0.833. The number of carbonyl (C=O) groups is 1. The Morgan fingerprint density at radius 3 is 2.62 bits per heavy atom. The van der Waals surface area contributed by atoms with Gasteiger partial charge in [-0.2, -0.15) is 0 Å². The van der Waals surface area contributed by atoms with Gasteiger partial charge in [0.1, 0.15) is 12.4 Å². The lowest BCUT2D eigenvalue weighted by Gasteiger charge is -2.13. The van der Waals surface area contributed by atoms with Gasteiger partial charge in [-0.25, -0.2) is 4.39 Å². The fourth-order valence-electron chi connectivity index (χ4n) is 1.77. The molecule has 0 fully saturated rings. The van der Waals surface area contributed by atoms with Gasteiger partial charge in [0, 0.05) is 11.1 Å². The van der Waals surface area contributed by atoms with E-state index in [0.717, 1.165) is 0 Å². The zero-order valence-corrected chi connectivity index (χ0v) is 12.5. The molecule has 6 heteroatoms. The second-order valence-electron chi connectivity index (χ2n) is 4.18. The number of methoxy groups -OCH3 is 1. The van der Waals surface area contributed by atoms with Crippen LogP contribution >= 0.6 is 23.2 Å². The van der Waals surface area contributed by atoms with Crippen molar-refractivity contribution in [1.82, 2.24) is 0 Å². The fourth-order valence-corrected chi connectivity index (χ4v) is 2.10. The van der Waals surface area contributed by atoms with Gasteiger partial charge in [-0.05, 0) is 23.8 Å². The first-order valence-corrected chi connectivity index (χ1v) is 6.70. The monoisotopic (exact) mass is 328 g/mol. The van der Waals surface area contributed by atoms with E-state index in [-0.39, 0.29) is 22.9 Å². The molecule has 2 rings (SSSR count). The quantitative estimate of drug-likeness (QED) is 0.756. The number of halogens is 3. The van der Waals surface area contributed by atoms with E-state index in [1.165, 1.54) is 31.4 Å². The lowest BCUT2D eigenvalue weighted by Crippen LogP contribution is -2.01. The van der Waals surface area contributed by atoms with Crippen LogP contribution in [-0.4, -0.2) is 13.4 Å². The van der Waals surface area contributed by atoms with Gasteiger partial charge < -0.3 is 9.47 Å². The average molecular weight is 329 g/mol. The summed E-state index contributed by atoms with van der Waals surface area (Å²) >= 11 is 11.5. The summed E-state index contributed by atoms with van der Waals surface area (Å²) in [7, 11) is 1.44. The van der Waals surface area contributed by atoms with Crippen LogP contribution in [-0.2, 0) is 6.61 Å². The fraction of sp³-hybridized carbons (Fsp3) is 0.133. The molecule has 0 aliphatic heterocycles. The van der Waals surface area contributed by atoms with Crippen molar-refractivity contribution in [3.8, 4) is 11.5 Å². The third-order valence-corrected chi connectivity index (χ3v) is 3.29. The number of rotatable bonds is 5. The van der Waals surface area contributed by atoms with Crippen molar-refractivity contribution < 1.29 is 18.7 Å². The SMILES string of the molecule is COc1cc(Cl)cc(C=O)c1OCc1ccc(Cl)c(F)c1. The maximum Gasteiger partial charge on any atom is 0.172 e. The Hall–Kier alpha value is -1.78. The first kappa shape index (κ1) is 15.6. The van der Waals surface area contributed by atoms with E-state index in [2.05, 4.69) is 0 Å². The molecule has 110 valence electrons. The number of ether oxygens (including phenoxy) is 2. The van der Waals surface area contributed by atoms with Crippen molar-refractivity contribution in [3.63, 3.8) is 0 Å². The summed E-state index contributed by atoms with van der Waals surface area (Å²) < 4.78 is 24.1. The molecule has 21 heavy (non-hydrogen) atoms. The van der Waals surface area contributed by atoms with Crippen LogP contribution in [0.15, 0.2) is 30.3 Å². The van der Waals surface area contributed by atoms with Gasteiger partial charge in [0.25, 0.3) is 0 Å². The van der Waals surface area contributed by atoms with E-state index in [9.17, 15) is 9.18 Å². The molecular formula is C15H11Cl2FO3. The van der Waals surface area contributed by atoms with Crippen LogP contribution in [0.4, 0.5) is 4.39 Å². The maximum absolute atomic E-state index is 13.4. The highest BCUT2D eigenvalue weighted by molar-refractivity contribution is 6.31. The number of hydrogen-bond acceptors (Lipinski definition) is 3. The lowest BCUT2D eigenvalue weighted by molar-refractivity contribution is 0.111. The summed E-state index contributed by atoms with van der Waals surface area (Å²) in [6.07, 6.45) is 0.617. The second-order valence-corrected chi connectivity index (χ2v) is 5.03. The normalized spacial score (nSPS) is 10.3. The minimum Gasteiger partial charge on any atom is -0.493 e. The highest BCUT2D eigenvalue weighted by atomic mass is 35.5. The Morgan fingerprint density at radius 1 is 1.24 bits per heavy atom. The Morgan fingerprint density at radius 2 is 2.00 bits per heavy atom. The van der Waals surface area contributed by atoms with Crippen LogP contribution in [0.5, 0.6) is 11.5 Å².